The fourth-order valence-electron chi connectivity index (χ4n) is 1.48. The minimum Gasteiger partial charge on any atom is -0.406 e. The van der Waals surface area contributed by atoms with Gasteiger partial charge in [-0.1, -0.05) is 0 Å². The van der Waals surface area contributed by atoms with Crippen molar-refractivity contribution >= 4 is 0 Å². The van der Waals surface area contributed by atoms with Crippen LogP contribution in [0.3, 0.4) is 0 Å². The van der Waals surface area contributed by atoms with E-state index in [9.17, 15) is 26.3 Å². The van der Waals surface area contributed by atoms with E-state index in [1.54, 1.807) is 0 Å². The molecule has 9 heteroatoms. The van der Waals surface area contributed by atoms with Crippen LogP contribution in [-0.2, 0) is 6.54 Å². The Labute approximate surface area is 114 Å². The van der Waals surface area contributed by atoms with Gasteiger partial charge in [0.15, 0.2) is 0 Å². The van der Waals surface area contributed by atoms with Crippen LogP contribution in [0.5, 0.6) is 5.75 Å². The summed E-state index contributed by atoms with van der Waals surface area (Å²) >= 11 is 0. The highest BCUT2D eigenvalue weighted by Crippen LogP contribution is 2.25. The van der Waals surface area contributed by atoms with E-state index >= 15 is 0 Å². The van der Waals surface area contributed by atoms with Crippen molar-refractivity contribution in [2.24, 2.45) is 0 Å². The molecule has 21 heavy (non-hydrogen) atoms. The van der Waals surface area contributed by atoms with Crippen molar-refractivity contribution in [3.8, 4) is 17.0 Å². The molecule has 0 bridgehead atoms. The van der Waals surface area contributed by atoms with Crippen LogP contribution in [0.2, 0.25) is 0 Å². The largest absolute Gasteiger partial charge is 0.573 e. The van der Waals surface area contributed by atoms with Gasteiger partial charge in [0.2, 0.25) is 0 Å². The van der Waals surface area contributed by atoms with Gasteiger partial charge in [-0.3, -0.25) is 0 Å². The smallest absolute Gasteiger partial charge is 0.406 e. The number of alkyl halides is 6. The molecule has 0 atom stereocenters. The molecule has 0 saturated carbocycles. The molecule has 0 unspecified atom stereocenters. The molecule has 112 valence electrons. The predicted octanol–water partition coefficient (Wildman–Crippen LogP) is 3.61. The molecule has 0 aliphatic heterocycles. The average molecular weight is 308 g/mol. The van der Waals surface area contributed by atoms with Gasteiger partial charge in [-0.2, -0.15) is 18.3 Å². The van der Waals surface area contributed by atoms with Crippen LogP contribution >= 0.6 is 0 Å². The summed E-state index contributed by atoms with van der Waals surface area (Å²) in [6.45, 7) is -1.32. The Kier molecular flexibility index (Phi) is 3.72. The summed E-state index contributed by atoms with van der Waals surface area (Å²) in [4.78, 5) is 0. The summed E-state index contributed by atoms with van der Waals surface area (Å²) in [6, 6.07) is 6.89. The molecule has 0 fully saturated rings. The van der Waals surface area contributed by atoms with E-state index in [0.717, 1.165) is 12.1 Å². The highest BCUT2D eigenvalue weighted by atomic mass is 19.4. The molecule has 2 rings (SSSR count). The van der Waals surface area contributed by atoms with Crippen LogP contribution in [0.25, 0.3) is 11.3 Å². The first-order valence-corrected chi connectivity index (χ1v) is 5.43. The molecule has 0 amide bonds. The summed E-state index contributed by atoms with van der Waals surface area (Å²) in [6.07, 6.45) is -7.09. The van der Waals surface area contributed by atoms with Crippen molar-refractivity contribution in [2.75, 3.05) is 0 Å². The maximum absolute atomic E-state index is 12.1. The summed E-state index contributed by atoms with van der Waals surface area (Å²) in [5.41, 5.74) is 0.333. The Morgan fingerprint density at radius 3 is 2.19 bits per heavy atom. The molecular formula is C12H6F6N2O. The van der Waals surface area contributed by atoms with Crippen molar-refractivity contribution in [1.29, 1.82) is 0 Å². The number of aromatic nitrogens is 2. The molecule has 0 aliphatic carbocycles. The molecule has 1 heterocycles. The Balaban J connectivity index is 2.12. The normalized spacial score (nSPS) is 12.1. The van der Waals surface area contributed by atoms with Gasteiger partial charge in [0, 0.05) is 11.8 Å². The number of rotatable bonds is 3. The zero-order valence-electron chi connectivity index (χ0n) is 10.1. The van der Waals surface area contributed by atoms with Gasteiger partial charge < -0.3 is 4.74 Å². The van der Waals surface area contributed by atoms with Crippen LogP contribution in [0.1, 0.15) is 0 Å². The number of hydrogen-bond acceptors (Lipinski definition) is 2. The first-order valence-electron chi connectivity index (χ1n) is 5.43. The van der Waals surface area contributed by atoms with Crippen LogP contribution < -0.4 is 4.74 Å². The molecule has 0 aliphatic rings. The Hall–Kier alpha value is -2.37. The topological polar surface area (TPSA) is 27.1 Å². The van der Waals surface area contributed by atoms with Crippen molar-refractivity contribution in [2.45, 2.75) is 19.1 Å². The van der Waals surface area contributed by atoms with E-state index in [1.165, 1.54) is 12.1 Å². The maximum Gasteiger partial charge on any atom is 0.573 e. The molecule has 3 nitrogen and oxygen atoms in total. The van der Waals surface area contributed by atoms with E-state index < -0.39 is 24.8 Å². The zero-order chi connectivity index (χ0) is 15.7. The van der Waals surface area contributed by atoms with Gasteiger partial charge in [-0.15, -0.1) is 13.2 Å². The number of ether oxygens (including phenoxy) is 1. The molecule has 1 aromatic carbocycles. The minimum absolute atomic E-state index is 0.0396. The van der Waals surface area contributed by atoms with Crippen LogP contribution in [0.4, 0.5) is 26.3 Å². The van der Waals surface area contributed by atoms with Crippen LogP contribution in [0, 0.1) is 12.3 Å². The zero-order valence-corrected chi connectivity index (χ0v) is 10.1. The second-order valence-electron chi connectivity index (χ2n) is 3.93. The average Bonchev–Trinajstić information content (AvgIpc) is 2.74. The maximum atomic E-state index is 12.1. The predicted molar refractivity (Wildman–Crippen MR) is 58.1 cm³/mol. The number of nitrogens with zero attached hydrogens (tertiary/aromatic N) is 2. The molecule has 0 spiro atoms. The summed E-state index contributed by atoms with van der Waals surface area (Å²) < 4.78 is 76.5. The minimum atomic E-state index is -4.81. The molecule has 0 radical (unpaired) electrons. The van der Waals surface area contributed by atoms with E-state index in [2.05, 4.69) is 22.1 Å². The van der Waals surface area contributed by atoms with Crippen molar-refractivity contribution in [3.63, 3.8) is 0 Å². The Morgan fingerprint density at radius 2 is 1.67 bits per heavy atom. The van der Waals surface area contributed by atoms with Gasteiger partial charge in [0.1, 0.15) is 18.0 Å². The van der Waals surface area contributed by atoms with E-state index in [0.29, 0.717) is 10.2 Å². The lowest BCUT2D eigenvalue weighted by Gasteiger charge is -2.08. The molecule has 1 aromatic heterocycles. The van der Waals surface area contributed by atoms with Crippen molar-refractivity contribution < 1.29 is 31.1 Å². The van der Waals surface area contributed by atoms with Crippen molar-refractivity contribution in [3.05, 3.63) is 36.5 Å². The lowest BCUT2D eigenvalue weighted by Crippen LogP contribution is -2.18. The van der Waals surface area contributed by atoms with Crippen LogP contribution in [0.15, 0.2) is 24.3 Å². The molecule has 0 N–H and O–H groups in total. The van der Waals surface area contributed by atoms with E-state index in [4.69, 9.17) is 0 Å². The Morgan fingerprint density at radius 1 is 1.05 bits per heavy atom. The highest BCUT2D eigenvalue weighted by Gasteiger charge is 2.31. The second kappa shape index (κ2) is 5.20. The van der Waals surface area contributed by atoms with E-state index in [1.807, 2.05) is 0 Å². The summed E-state index contributed by atoms with van der Waals surface area (Å²) in [7, 11) is 0. The lowest BCUT2D eigenvalue weighted by molar-refractivity contribution is -0.274. The van der Waals surface area contributed by atoms with Gasteiger partial charge >= 0.3 is 12.5 Å². The highest BCUT2D eigenvalue weighted by molar-refractivity contribution is 5.57. The fraction of sp³-hybridized carbons (Fsp3) is 0.250. The number of benzene rings is 1. The summed E-state index contributed by atoms with van der Waals surface area (Å²) in [5.74, 6) is -0.440. The second-order valence-corrected chi connectivity index (χ2v) is 3.93. The van der Waals surface area contributed by atoms with Crippen molar-refractivity contribution in [1.82, 2.24) is 9.78 Å². The molecule has 2 aromatic rings. The third kappa shape index (κ3) is 4.59. The monoisotopic (exact) mass is 308 g/mol. The molecule has 0 saturated heterocycles. The van der Waals surface area contributed by atoms with E-state index in [-0.39, 0.29) is 5.69 Å². The Bertz CT molecular complexity index is 599. The number of hydrogen-bond donors (Lipinski definition) is 0. The van der Waals surface area contributed by atoms with Gasteiger partial charge in [0.25, 0.3) is 0 Å². The lowest BCUT2D eigenvalue weighted by atomic mass is 10.2. The standard InChI is InChI=1S/C12H6F6N2O/c13-11(14,15)7-20-6-5-10(19-20)8-1-3-9(4-2-8)21-12(16,17)18/h1-4H,7H2. The third-order valence-electron chi connectivity index (χ3n) is 2.21. The van der Waals surface area contributed by atoms with Crippen LogP contribution in [-0.4, -0.2) is 22.3 Å². The third-order valence-corrected chi connectivity index (χ3v) is 2.21. The fourth-order valence-corrected chi connectivity index (χ4v) is 1.48. The van der Waals surface area contributed by atoms with Gasteiger partial charge in [0.05, 0.1) is 0 Å². The first-order chi connectivity index (χ1) is 9.62. The number of halogens is 6. The quantitative estimate of drug-likeness (QED) is 0.810. The van der Waals surface area contributed by atoms with Gasteiger partial charge in [-0.25, -0.2) is 4.68 Å². The SMILES string of the molecule is FC(F)(F)Cn1c#cc(-c2ccc(OC(F)(F)F)cc2)n1. The first kappa shape index (κ1) is 15.0. The molecular weight excluding hydrogens is 302 g/mol. The van der Waals surface area contributed by atoms with Gasteiger partial charge in [-0.05, 0) is 30.3 Å². The summed E-state index contributed by atoms with van der Waals surface area (Å²) in [5, 5.41) is 3.59.